The van der Waals surface area contributed by atoms with E-state index in [9.17, 15) is 0 Å². The first kappa shape index (κ1) is 14.2. The average molecular weight is 274 g/mol. The van der Waals surface area contributed by atoms with Crippen molar-refractivity contribution in [3.05, 3.63) is 30.2 Å². The molecule has 2 rings (SSSR count). The van der Waals surface area contributed by atoms with E-state index in [0.29, 0.717) is 18.3 Å². The molecule has 1 N–H and O–H groups in total. The SMILES string of the molecule is CCNc1cc(-c2ccnc(OC)c2)nc(COC)n1. The number of pyridine rings is 1. The molecule has 6 nitrogen and oxygen atoms in total. The molecule has 0 aromatic carbocycles. The molecular formula is C14H18N4O2. The number of nitrogens with one attached hydrogen (secondary N) is 1. The molecule has 20 heavy (non-hydrogen) atoms. The van der Waals surface area contributed by atoms with E-state index < -0.39 is 0 Å². The quantitative estimate of drug-likeness (QED) is 0.870. The normalized spacial score (nSPS) is 10.3. The molecular weight excluding hydrogens is 256 g/mol. The number of hydrogen-bond donors (Lipinski definition) is 1. The maximum absolute atomic E-state index is 5.14. The van der Waals surface area contributed by atoms with Gasteiger partial charge in [-0.05, 0) is 13.0 Å². The minimum absolute atomic E-state index is 0.369. The Hall–Kier alpha value is -2.21. The van der Waals surface area contributed by atoms with Gasteiger partial charge in [0.2, 0.25) is 5.88 Å². The highest BCUT2D eigenvalue weighted by atomic mass is 16.5. The second-order valence-electron chi connectivity index (χ2n) is 4.10. The average Bonchev–Trinajstić information content (AvgIpc) is 2.48. The van der Waals surface area contributed by atoms with Crippen LogP contribution in [0.4, 0.5) is 5.82 Å². The summed E-state index contributed by atoms with van der Waals surface area (Å²) in [6.45, 7) is 3.18. The van der Waals surface area contributed by atoms with Crippen molar-refractivity contribution in [2.75, 3.05) is 26.1 Å². The number of methoxy groups -OCH3 is 2. The lowest BCUT2D eigenvalue weighted by Gasteiger charge is -2.09. The second-order valence-corrected chi connectivity index (χ2v) is 4.10. The van der Waals surface area contributed by atoms with Crippen LogP contribution in [0.3, 0.4) is 0 Å². The van der Waals surface area contributed by atoms with Crippen LogP contribution in [-0.2, 0) is 11.3 Å². The molecule has 0 fully saturated rings. The molecule has 0 saturated carbocycles. The van der Waals surface area contributed by atoms with Crippen LogP contribution in [0.1, 0.15) is 12.7 Å². The monoisotopic (exact) mass is 274 g/mol. The highest BCUT2D eigenvalue weighted by molar-refractivity contribution is 5.63. The molecule has 0 aliphatic rings. The molecule has 106 valence electrons. The van der Waals surface area contributed by atoms with Gasteiger partial charge in [0.1, 0.15) is 12.4 Å². The van der Waals surface area contributed by atoms with Gasteiger partial charge in [-0.15, -0.1) is 0 Å². The van der Waals surface area contributed by atoms with Gasteiger partial charge in [0.15, 0.2) is 5.82 Å². The summed E-state index contributed by atoms with van der Waals surface area (Å²) >= 11 is 0. The standard InChI is InChI=1S/C14H18N4O2/c1-4-15-12-8-11(17-13(18-12)9-19-2)10-5-6-16-14(7-10)20-3/h5-8H,4,9H2,1-3H3,(H,15,17,18). The Balaban J connectivity index is 2.42. The van der Waals surface area contributed by atoms with Crippen molar-refractivity contribution in [3.8, 4) is 17.1 Å². The fourth-order valence-corrected chi connectivity index (χ4v) is 1.79. The lowest BCUT2D eigenvalue weighted by atomic mass is 10.2. The number of rotatable bonds is 6. The van der Waals surface area contributed by atoms with Crippen molar-refractivity contribution in [1.82, 2.24) is 15.0 Å². The second kappa shape index (κ2) is 6.81. The predicted molar refractivity (Wildman–Crippen MR) is 76.7 cm³/mol. The van der Waals surface area contributed by atoms with E-state index in [1.165, 1.54) is 0 Å². The van der Waals surface area contributed by atoms with Crippen LogP contribution in [0.25, 0.3) is 11.3 Å². The Bertz CT molecular complexity index is 551. The van der Waals surface area contributed by atoms with Crippen LogP contribution in [0, 0.1) is 0 Å². The minimum Gasteiger partial charge on any atom is -0.481 e. The first-order chi connectivity index (χ1) is 9.76. The van der Waals surface area contributed by atoms with Gasteiger partial charge in [-0.3, -0.25) is 0 Å². The Morgan fingerprint density at radius 1 is 1.20 bits per heavy atom. The van der Waals surface area contributed by atoms with Crippen molar-refractivity contribution in [1.29, 1.82) is 0 Å². The van der Waals surface area contributed by atoms with Crippen molar-refractivity contribution >= 4 is 5.82 Å². The zero-order valence-electron chi connectivity index (χ0n) is 11.9. The molecule has 0 atom stereocenters. The summed E-state index contributed by atoms with van der Waals surface area (Å²) in [6, 6.07) is 5.63. The highest BCUT2D eigenvalue weighted by Gasteiger charge is 2.07. The lowest BCUT2D eigenvalue weighted by molar-refractivity contribution is 0.178. The topological polar surface area (TPSA) is 69.2 Å². The predicted octanol–water partition coefficient (Wildman–Crippen LogP) is 2.13. The van der Waals surface area contributed by atoms with Crippen molar-refractivity contribution in [3.63, 3.8) is 0 Å². The molecule has 0 bridgehead atoms. The molecule has 0 aliphatic heterocycles. The zero-order chi connectivity index (χ0) is 14.4. The summed E-state index contributed by atoms with van der Waals surface area (Å²) in [5, 5.41) is 3.19. The largest absolute Gasteiger partial charge is 0.481 e. The number of anilines is 1. The molecule has 0 aliphatic carbocycles. The van der Waals surface area contributed by atoms with Crippen LogP contribution >= 0.6 is 0 Å². The maximum Gasteiger partial charge on any atom is 0.213 e. The van der Waals surface area contributed by atoms with Crippen LogP contribution in [0.2, 0.25) is 0 Å². The van der Waals surface area contributed by atoms with Crippen molar-refractivity contribution in [2.24, 2.45) is 0 Å². The minimum atomic E-state index is 0.369. The van der Waals surface area contributed by atoms with Gasteiger partial charge in [-0.1, -0.05) is 0 Å². The Labute approximate surface area is 118 Å². The van der Waals surface area contributed by atoms with Gasteiger partial charge >= 0.3 is 0 Å². The van der Waals surface area contributed by atoms with Crippen LogP contribution in [-0.4, -0.2) is 35.7 Å². The first-order valence-corrected chi connectivity index (χ1v) is 6.38. The number of hydrogen-bond acceptors (Lipinski definition) is 6. The number of aromatic nitrogens is 3. The van der Waals surface area contributed by atoms with Gasteiger partial charge < -0.3 is 14.8 Å². The van der Waals surface area contributed by atoms with Crippen molar-refractivity contribution < 1.29 is 9.47 Å². The molecule has 0 spiro atoms. The van der Waals surface area contributed by atoms with E-state index in [1.54, 1.807) is 20.4 Å². The van der Waals surface area contributed by atoms with Crippen LogP contribution in [0.15, 0.2) is 24.4 Å². The fourth-order valence-electron chi connectivity index (χ4n) is 1.79. The molecule has 0 unspecified atom stereocenters. The zero-order valence-corrected chi connectivity index (χ0v) is 11.9. The third-order valence-electron chi connectivity index (χ3n) is 2.64. The van der Waals surface area contributed by atoms with Gasteiger partial charge in [-0.2, -0.15) is 0 Å². The smallest absolute Gasteiger partial charge is 0.213 e. The van der Waals surface area contributed by atoms with E-state index in [2.05, 4.69) is 20.3 Å². The molecule has 2 aromatic heterocycles. The van der Waals surface area contributed by atoms with E-state index >= 15 is 0 Å². The Morgan fingerprint density at radius 2 is 2.05 bits per heavy atom. The van der Waals surface area contributed by atoms with Gasteiger partial charge in [0.25, 0.3) is 0 Å². The third-order valence-corrected chi connectivity index (χ3v) is 2.64. The van der Waals surface area contributed by atoms with E-state index in [1.807, 2.05) is 25.1 Å². The summed E-state index contributed by atoms with van der Waals surface area (Å²) in [5.74, 6) is 1.97. The first-order valence-electron chi connectivity index (χ1n) is 6.38. The molecule has 0 radical (unpaired) electrons. The maximum atomic E-state index is 5.14. The summed E-state index contributed by atoms with van der Waals surface area (Å²) in [6.07, 6.45) is 1.69. The summed E-state index contributed by atoms with van der Waals surface area (Å²) in [5.41, 5.74) is 1.74. The molecule has 0 saturated heterocycles. The van der Waals surface area contributed by atoms with Gasteiger partial charge in [-0.25, -0.2) is 15.0 Å². The van der Waals surface area contributed by atoms with Crippen LogP contribution < -0.4 is 10.1 Å². The van der Waals surface area contributed by atoms with Crippen molar-refractivity contribution in [2.45, 2.75) is 13.5 Å². The summed E-state index contributed by atoms with van der Waals surface area (Å²) in [4.78, 5) is 13.0. The van der Waals surface area contributed by atoms with E-state index in [0.717, 1.165) is 23.6 Å². The summed E-state index contributed by atoms with van der Waals surface area (Å²) < 4.78 is 10.2. The Morgan fingerprint density at radius 3 is 2.75 bits per heavy atom. The molecule has 6 heteroatoms. The Kier molecular flexibility index (Phi) is 4.84. The van der Waals surface area contributed by atoms with Gasteiger partial charge in [0, 0.05) is 37.5 Å². The molecule has 2 aromatic rings. The lowest BCUT2D eigenvalue weighted by Crippen LogP contribution is -2.05. The molecule has 2 heterocycles. The van der Waals surface area contributed by atoms with E-state index in [-0.39, 0.29) is 0 Å². The summed E-state index contributed by atoms with van der Waals surface area (Å²) in [7, 11) is 3.21. The molecule has 0 amide bonds. The highest BCUT2D eigenvalue weighted by Crippen LogP contribution is 2.22. The number of nitrogens with zero attached hydrogens (tertiary/aromatic N) is 3. The van der Waals surface area contributed by atoms with E-state index in [4.69, 9.17) is 9.47 Å². The number of ether oxygens (including phenoxy) is 2. The fraction of sp³-hybridized carbons (Fsp3) is 0.357. The van der Waals surface area contributed by atoms with Crippen LogP contribution in [0.5, 0.6) is 5.88 Å². The third kappa shape index (κ3) is 3.42. The van der Waals surface area contributed by atoms with Gasteiger partial charge in [0.05, 0.1) is 12.8 Å².